The lowest BCUT2D eigenvalue weighted by molar-refractivity contribution is -0.143. The van der Waals surface area contributed by atoms with E-state index in [4.69, 9.17) is 25.8 Å². The quantitative estimate of drug-likeness (QED) is 0.383. The van der Waals surface area contributed by atoms with E-state index in [9.17, 15) is 14.4 Å². The van der Waals surface area contributed by atoms with E-state index in [2.05, 4.69) is 9.73 Å². The number of methoxy groups -OCH3 is 2. The third-order valence-electron chi connectivity index (χ3n) is 6.02. The van der Waals surface area contributed by atoms with Crippen LogP contribution in [0.5, 0.6) is 11.5 Å². The van der Waals surface area contributed by atoms with E-state index in [0.29, 0.717) is 26.2 Å². The van der Waals surface area contributed by atoms with E-state index >= 15 is 0 Å². The molecule has 0 unspecified atom stereocenters. The smallest absolute Gasteiger partial charge is 0.343 e. The summed E-state index contributed by atoms with van der Waals surface area (Å²) in [5.41, 5.74) is 2.87. The maximum atomic E-state index is 13.8. The number of halogens is 1. The Kier molecular flexibility index (Phi) is 8.57. The molecule has 3 aromatic rings. The van der Waals surface area contributed by atoms with Gasteiger partial charge in [0.1, 0.15) is 0 Å². The molecule has 0 bridgehead atoms. The van der Waals surface area contributed by atoms with Crippen molar-refractivity contribution in [3.05, 3.63) is 89.1 Å². The maximum absolute atomic E-state index is 13.8. The Labute approximate surface area is 233 Å². The summed E-state index contributed by atoms with van der Waals surface area (Å²) in [6.45, 7) is 5.29. The highest BCUT2D eigenvalue weighted by Crippen LogP contribution is 2.37. The fourth-order valence-corrected chi connectivity index (χ4v) is 5.48. The molecule has 0 aliphatic carbocycles. The van der Waals surface area contributed by atoms with Crippen molar-refractivity contribution < 1.29 is 28.5 Å². The zero-order valence-corrected chi connectivity index (χ0v) is 23.6. The molecule has 0 saturated heterocycles. The van der Waals surface area contributed by atoms with Crippen molar-refractivity contribution in [2.24, 2.45) is 4.99 Å². The zero-order chi connectivity index (χ0) is 28.3. The summed E-state index contributed by atoms with van der Waals surface area (Å²) in [6, 6.07) is 10.2. The van der Waals surface area contributed by atoms with E-state index in [1.165, 1.54) is 30.1 Å². The fourth-order valence-electron chi connectivity index (χ4n) is 4.16. The van der Waals surface area contributed by atoms with Gasteiger partial charge in [-0.05, 0) is 50.1 Å². The number of carbonyl (C=O) groups excluding carboxylic acids is 2. The average molecular weight is 571 g/mol. The lowest BCUT2D eigenvalue weighted by atomic mass is 9.95. The minimum atomic E-state index is -0.699. The summed E-state index contributed by atoms with van der Waals surface area (Å²) >= 11 is 7.63. The molecular formula is C28H27ClN2O7S. The highest BCUT2D eigenvalue weighted by atomic mass is 35.5. The number of ether oxygens (including phenoxy) is 4. The first-order valence-electron chi connectivity index (χ1n) is 12.0. The van der Waals surface area contributed by atoms with Gasteiger partial charge >= 0.3 is 11.9 Å². The van der Waals surface area contributed by atoms with Crippen molar-refractivity contribution in [1.82, 2.24) is 4.57 Å². The summed E-state index contributed by atoms with van der Waals surface area (Å²) in [4.78, 5) is 43.3. The SMILES string of the molecule is CCOC(=O)C1=C(C)N=c2s/c(=C/c3cc(Cl)c(OCC(=O)OC)c(OC)c3)c(=O)n2[C@H]1c1ccc(C)cc1. The maximum Gasteiger partial charge on any atom is 0.343 e. The molecule has 0 N–H and O–H groups in total. The van der Waals surface area contributed by atoms with E-state index < -0.39 is 18.0 Å². The number of hydrogen-bond donors (Lipinski definition) is 0. The molecule has 39 heavy (non-hydrogen) atoms. The number of benzene rings is 2. The Morgan fingerprint density at radius 2 is 1.87 bits per heavy atom. The summed E-state index contributed by atoms with van der Waals surface area (Å²) < 4.78 is 22.7. The van der Waals surface area contributed by atoms with Crippen molar-refractivity contribution in [2.75, 3.05) is 27.4 Å². The predicted molar refractivity (Wildman–Crippen MR) is 147 cm³/mol. The van der Waals surface area contributed by atoms with Crippen LogP contribution >= 0.6 is 22.9 Å². The monoisotopic (exact) mass is 570 g/mol. The topological polar surface area (TPSA) is 105 Å². The number of rotatable bonds is 8. The molecular weight excluding hydrogens is 544 g/mol. The molecule has 1 aliphatic heterocycles. The van der Waals surface area contributed by atoms with Crippen molar-refractivity contribution in [2.45, 2.75) is 26.8 Å². The van der Waals surface area contributed by atoms with Crippen molar-refractivity contribution >= 4 is 41.0 Å². The predicted octanol–water partition coefficient (Wildman–Crippen LogP) is 3.32. The van der Waals surface area contributed by atoms with Crippen LogP contribution in [0.1, 0.15) is 36.6 Å². The van der Waals surface area contributed by atoms with Crippen LogP contribution in [-0.2, 0) is 19.1 Å². The Balaban J connectivity index is 1.85. The first-order chi connectivity index (χ1) is 18.7. The van der Waals surface area contributed by atoms with Crippen LogP contribution in [0, 0.1) is 6.92 Å². The summed E-state index contributed by atoms with van der Waals surface area (Å²) in [5, 5.41) is 0.190. The van der Waals surface area contributed by atoms with Gasteiger partial charge in [0.15, 0.2) is 22.9 Å². The van der Waals surface area contributed by atoms with Crippen LogP contribution < -0.4 is 24.4 Å². The van der Waals surface area contributed by atoms with E-state index in [1.807, 2.05) is 31.2 Å². The van der Waals surface area contributed by atoms with Crippen LogP contribution in [0.15, 0.2) is 57.5 Å². The number of hydrogen-bond acceptors (Lipinski definition) is 9. The highest BCUT2D eigenvalue weighted by Gasteiger charge is 2.33. The second-order valence-electron chi connectivity index (χ2n) is 8.61. The molecule has 1 aliphatic rings. The molecule has 2 heterocycles. The van der Waals surface area contributed by atoms with Gasteiger partial charge in [-0.15, -0.1) is 0 Å². The van der Waals surface area contributed by atoms with Gasteiger partial charge in [-0.2, -0.15) is 0 Å². The van der Waals surface area contributed by atoms with Gasteiger partial charge in [0, 0.05) is 0 Å². The lowest BCUT2D eigenvalue weighted by Crippen LogP contribution is -2.39. The number of fused-ring (bicyclic) bond motifs is 1. The standard InChI is InChI=1S/C28H27ClN2O7S/c1-6-37-27(34)23-16(3)30-28-31(24(23)18-9-7-15(2)8-10-18)26(33)21(39-28)13-17-11-19(29)25(20(12-17)35-4)38-14-22(32)36-5/h7-13,24H,6,14H2,1-5H3/b21-13+/t24-/m0/s1. The first kappa shape index (κ1) is 28.1. The highest BCUT2D eigenvalue weighted by molar-refractivity contribution is 7.07. The molecule has 0 fully saturated rings. The molecule has 9 nitrogen and oxygen atoms in total. The summed E-state index contributed by atoms with van der Waals surface area (Å²) in [6.07, 6.45) is 1.66. The minimum Gasteiger partial charge on any atom is -0.493 e. The van der Waals surface area contributed by atoms with E-state index in [0.717, 1.165) is 11.1 Å². The Bertz CT molecular complexity index is 1640. The first-order valence-corrected chi connectivity index (χ1v) is 13.2. The molecule has 0 saturated carbocycles. The normalized spacial score (nSPS) is 14.9. The second-order valence-corrected chi connectivity index (χ2v) is 10.0. The molecule has 204 valence electrons. The van der Waals surface area contributed by atoms with E-state index in [1.54, 1.807) is 32.1 Å². The minimum absolute atomic E-state index is 0.178. The average Bonchev–Trinajstić information content (AvgIpc) is 3.21. The largest absolute Gasteiger partial charge is 0.493 e. The number of aromatic nitrogens is 1. The Morgan fingerprint density at radius 3 is 2.51 bits per heavy atom. The molecule has 1 atom stereocenters. The zero-order valence-electron chi connectivity index (χ0n) is 22.1. The van der Waals surface area contributed by atoms with E-state index in [-0.39, 0.29) is 35.3 Å². The van der Waals surface area contributed by atoms with Crippen molar-refractivity contribution in [3.8, 4) is 11.5 Å². The number of aryl methyl sites for hydroxylation is 1. The number of nitrogens with zero attached hydrogens (tertiary/aromatic N) is 2. The molecule has 0 spiro atoms. The van der Waals surface area contributed by atoms with Gasteiger partial charge in [-0.1, -0.05) is 52.8 Å². The van der Waals surface area contributed by atoms with Gasteiger partial charge in [0.2, 0.25) is 0 Å². The molecule has 0 radical (unpaired) electrons. The van der Waals surface area contributed by atoms with Gasteiger partial charge in [0.05, 0.1) is 47.7 Å². The third kappa shape index (κ3) is 5.76. The molecule has 11 heteroatoms. The summed E-state index contributed by atoms with van der Waals surface area (Å²) in [5.74, 6) is -0.628. The van der Waals surface area contributed by atoms with Crippen LogP contribution in [0.25, 0.3) is 6.08 Å². The number of esters is 2. The second kappa shape index (κ2) is 11.9. The molecule has 0 amide bonds. The van der Waals surface area contributed by atoms with Gasteiger partial charge in [-0.3, -0.25) is 9.36 Å². The summed E-state index contributed by atoms with van der Waals surface area (Å²) in [7, 11) is 2.69. The van der Waals surface area contributed by atoms with Crippen LogP contribution in [0.2, 0.25) is 5.02 Å². The van der Waals surface area contributed by atoms with Crippen LogP contribution in [0.4, 0.5) is 0 Å². The third-order valence-corrected chi connectivity index (χ3v) is 7.29. The molecule has 4 rings (SSSR count). The van der Waals surface area contributed by atoms with Crippen molar-refractivity contribution in [1.29, 1.82) is 0 Å². The lowest BCUT2D eigenvalue weighted by Gasteiger charge is -2.24. The Morgan fingerprint density at radius 1 is 1.15 bits per heavy atom. The fraction of sp³-hybridized carbons (Fsp3) is 0.286. The molecule has 1 aromatic heterocycles. The van der Waals surface area contributed by atoms with Crippen LogP contribution in [0.3, 0.4) is 0 Å². The number of carbonyl (C=O) groups is 2. The van der Waals surface area contributed by atoms with Gasteiger partial charge in [-0.25, -0.2) is 14.6 Å². The van der Waals surface area contributed by atoms with Crippen LogP contribution in [-0.4, -0.2) is 43.9 Å². The van der Waals surface area contributed by atoms with Gasteiger partial charge in [0.25, 0.3) is 5.56 Å². The molecule has 2 aromatic carbocycles. The Hall–Kier alpha value is -3.89. The van der Waals surface area contributed by atoms with Gasteiger partial charge < -0.3 is 18.9 Å². The number of thiazole rings is 1. The van der Waals surface area contributed by atoms with Crippen molar-refractivity contribution in [3.63, 3.8) is 0 Å². The number of allylic oxidation sites excluding steroid dienone is 1.